The van der Waals surface area contributed by atoms with Gasteiger partial charge in [-0.25, -0.2) is 0 Å². The fourth-order valence-corrected chi connectivity index (χ4v) is 2.81. The number of hydrogen-bond donors (Lipinski definition) is 1. The molecule has 92 valence electrons. The number of unbranched alkanes of at least 4 members (excludes halogenated alkanes) is 1. The highest BCUT2D eigenvalue weighted by atomic mass is 35.5. The molecule has 1 unspecified atom stereocenters. The van der Waals surface area contributed by atoms with E-state index < -0.39 is 0 Å². The Hall–Kier alpha value is -1.02. The van der Waals surface area contributed by atoms with Crippen LogP contribution in [0, 0.1) is 0 Å². The Balaban J connectivity index is 2.46. The normalized spacial score (nSPS) is 22.4. The van der Waals surface area contributed by atoms with Gasteiger partial charge < -0.3 is 5.32 Å². The van der Waals surface area contributed by atoms with Crippen molar-refractivity contribution in [2.45, 2.75) is 44.9 Å². The van der Waals surface area contributed by atoms with Crippen LogP contribution in [0.3, 0.4) is 0 Å². The van der Waals surface area contributed by atoms with E-state index in [9.17, 15) is 4.79 Å². The molecule has 1 aliphatic rings. The smallest absolute Gasteiger partial charge is 0.235 e. The molecule has 0 saturated heterocycles. The van der Waals surface area contributed by atoms with Gasteiger partial charge in [0.2, 0.25) is 5.91 Å². The second kappa shape index (κ2) is 4.69. The number of carbonyl (C=O) groups excluding carboxylic acids is 1. The Bertz CT molecular complexity index is 444. The SMILES string of the molecule is CCCCC1(CC)C(=O)Nc2ccc(Cl)cc21. The van der Waals surface area contributed by atoms with Gasteiger partial charge in [0, 0.05) is 10.7 Å². The molecule has 1 atom stereocenters. The number of benzene rings is 1. The molecule has 0 fully saturated rings. The first-order valence-corrected chi connectivity index (χ1v) is 6.63. The van der Waals surface area contributed by atoms with Gasteiger partial charge >= 0.3 is 0 Å². The molecule has 0 aromatic heterocycles. The van der Waals surface area contributed by atoms with Crippen LogP contribution >= 0.6 is 11.6 Å². The first kappa shape index (κ1) is 12.4. The van der Waals surface area contributed by atoms with E-state index in [4.69, 9.17) is 11.6 Å². The van der Waals surface area contributed by atoms with Crippen LogP contribution in [0.1, 0.15) is 45.1 Å². The quantitative estimate of drug-likeness (QED) is 0.857. The lowest BCUT2D eigenvalue weighted by Gasteiger charge is -2.25. The molecule has 3 heteroatoms. The molecule has 1 N–H and O–H groups in total. The third-order valence-electron chi connectivity index (χ3n) is 3.74. The molecule has 1 heterocycles. The van der Waals surface area contributed by atoms with E-state index in [0.29, 0.717) is 5.02 Å². The zero-order valence-corrected chi connectivity index (χ0v) is 11.1. The predicted molar refractivity (Wildman–Crippen MR) is 71.6 cm³/mol. The summed E-state index contributed by atoms with van der Waals surface area (Å²) in [7, 11) is 0. The molecule has 1 aliphatic heterocycles. The average molecular weight is 252 g/mol. The largest absolute Gasteiger partial charge is 0.325 e. The van der Waals surface area contributed by atoms with Crippen molar-refractivity contribution in [1.82, 2.24) is 0 Å². The summed E-state index contributed by atoms with van der Waals surface area (Å²) in [5.74, 6) is 0.130. The maximum absolute atomic E-state index is 12.2. The van der Waals surface area contributed by atoms with Crippen molar-refractivity contribution in [3.8, 4) is 0 Å². The van der Waals surface area contributed by atoms with Crippen LogP contribution in [0.4, 0.5) is 5.69 Å². The molecule has 17 heavy (non-hydrogen) atoms. The Morgan fingerprint density at radius 2 is 2.12 bits per heavy atom. The summed E-state index contributed by atoms with van der Waals surface area (Å²) >= 11 is 6.05. The van der Waals surface area contributed by atoms with E-state index in [-0.39, 0.29) is 11.3 Å². The topological polar surface area (TPSA) is 29.1 Å². The summed E-state index contributed by atoms with van der Waals surface area (Å²) in [6.07, 6.45) is 3.89. The number of carbonyl (C=O) groups is 1. The third kappa shape index (κ3) is 1.95. The first-order valence-electron chi connectivity index (χ1n) is 6.25. The van der Waals surface area contributed by atoms with Gasteiger partial charge in [-0.2, -0.15) is 0 Å². The van der Waals surface area contributed by atoms with Gasteiger partial charge in [0.25, 0.3) is 0 Å². The van der Waals surface area contributed by atoms with Crippen molar-refractivity contribution >= 4 is 23.2 Å². The van der Waals surface area contributed by atoms with E-state index >= 15 is 0 Å². The van der Waals surface area contributed by atoms with Crippen LogP contribution in [0.15, 0.2) is 18.2 Å². The van der Waals surface area contributed by atoms with Crippen LogP contribution < -0.4 is 5.32 Å². The minimum atomic E-state index is -0.365. The van der Waals surface area contributed by atoms with E-state index in [1.165, 1.54) is 0 Å². The number of fused-ring (bicyclic) bond motifs is 1. The van der Waals surface area contributed by atoms with Crippen LogP contribution in [0.5, 0.6) is 0 Å². The number of anilines is 1. The lowest BCUT2D eigenvalue weighted by molar-refractivity contribution is -0.121. The Kier molecular flexibility index (Phi) is 3.43. The number of amides is 1. The Morgan fingerprint density at radius 1 is 1.35 bits per heavy atom. The maximum Gasteiger partial charge on any atom is 0.235 e. The van der Waals surface area contributed by atoms with E-state index in [1.54, 1.807) is 0 Å². The highest BCUT2D eigenvalue weighted by Gasteiger charge is 2.44. The van der Waals surface area contributed by atoms with Gasteiger partial charge in [-0.05, 0) is 36.6 Å². The lowest BCUT2D eigenvalue weighted by Crippen LogP contribution is -2.33. The molecule has 0 bridgehead atoms. The first-order chi connectivity index (χ1) is 8.14. The molecule has 0 saturated carbocycles. The van der Waals surface area contributed by atoms with Crippen LogP contribution in [-0.2, 0) is 10.2 Å². The van der Waals surface area contributed by atoms with Crippen molar-refractivity contribution in [2.24, 2.45) is 0 Å². The third-order valence-corrected chi connectivity index (χ3v) is 3.98. The fraction of sp³-hybridized carbons (Fsp3) is 0.500. The molecule has 2 nitrogen and oxygen atoms in total. The summed E-state index contributed by atoms with van der Waals surface area (Å²) in [6, 6.07) is 5.67. The fourth-order valence-electron chi connectivity index (χ4n) is 2.64. The number of hydrogen-bond acceptors (Lipinski definition) is 1. The zero-order chi connectivity index (χ0) is 12.5. The minimum Gasteiger partial charge on any atom is -0.325 e. The van der Waals surface area contributed by atoms with E-state index in [1.807, 2.05) is 18.2 Å². The maximum atomic E-state index is 12.2. The van der Waals surface area contributed by atoms with Gasteiger partial charge in [-0.1, -0.05) is 38.3 Å². The zero-order valence-electron chi connectivity index (χ0n) is 10.3. The Morgan fingerprint density at radius 3 is 2.76 bits per heavy atom. The monoisotopic (exact) mass is 251 g/mol. The summed E-state index contributed by atoms with van der Waals surface area (Å²) in [6.45, 7) is 4.22. The summed E-state index contributed by atoms with van der Waals surface area (Å²) in [5.41, 5.74) is 1.64. The van der Waals surface area contributed by atoms with Crippen molar-refractivity contribution < 1.29 is 4.79 Å². The molecule has 1 aromatic rings. The molecule has 0 radical (unpaired) electrons. The summed E-state index contributed by atoms with van der Waals surface area (Å²) in [4.78, 5) is 12.2. The number of halogens is 1. The number of nitrogens with one attached hydrogen (secondary N) is 1. The van der Waals surface area contributed by atoms with Gasteiger partial charge in [0.15, 0.2) is 0 Å². The molecule has 1 amide bonds. The second-order valence-electron chi connectivity index (χ2n) is 4.68. The molecule has 0 aliphatic carbocycles. The van der Waals surface area contributed by atoms with E-state index in [2.05, 4.69) is 19.2 Å². The van der Waals surface area contributed by atoms with Crippen LogP contribution in [0.2, 0.25) is 5.02 Å². The highest BCUT2D eigenvalue weighted by Crippen LogP contribution is 2.44. The number of rotatable bonds is 4. The van der Waals surface area contributed by atoms with Gasteiger partial charge in [-0.3, -0.25) is 4.79 Å². The van der Waals surface area contributed by atoms with Crippen LogP contribution in [0.25, 0.3) is 0 Å². The van der Waals surface area contributed by atoms with Crippen molar-refractivity contribution in [1.29, 1.82) is 0 Å². The van der Waals surface area contributed by atoms with Crippen molar-refractivity contribution in [3.63, 3.8) is 0 Å². The van der Waals surface area contributed by atoms with Crippen molar-refractivity contribution in [3.05, 3.63) is 28.8 Å². The van der Waals surface area contributed by atoms with Gasteiger partial charge in [0.1, 0.15) is 0 Å². The average Bonchev–Trinajstić information content (AvgIpc) is 2.59. The van der Waals surface area contributed by atoms with Gasteiger partial charge in [0.05, 0.1) is 5.41 Å². The van der Waals surface area contributed by atoms with Gasteiger partial charge in [-0.15, -0.1) is 0 Å². The lowest BCUT2D eigenvalue weighted by atomic mass is 9.75. The molecular weight excluding hydrogens is 234 g/mol. The molecule has 2 rings (SSSR count). The van der Waals surface area contributed by atoms with E-state index in [0.717, 1.165) is 36.9 Å². The summed E-state index contributed by atoms with van der Waals surface area (Å²) in [5, 5.41) is 3.68. The molecular formula is C14H18ClNO. The predicted octanol–water partition coefficient (Wildman–Crippen LogP) is 4.13. The molecule has 0 spiro atoms. The highest BCUT2D eigenvalue weighted by molar-refractivity contribution is 6.31. The molecule has 1 aromatic carbocycles. The Labute approximate surface area is 107 Å². The van der Waals surface area contributed by atoms with Crippen LogP contribution in [-0.4, -0.2) is 5.91 Å². The standard InChI is InChI=1S/C14H18ClNO/c1-3-5-8-14(4-2)11-9-10(15)6-7-12(11)16-13(14)17/h6-7,9H,3-5,8H2,1-2H3,(H,16,17). The van der Waals surface area contributed by atoms with Crippen molar-refractivity contribution in [2.75, 3.05) is 5.32 Å². The minimum absolute atomic E-state index is 0.130. The second-order valence-corrected chi connectivity index (χ2v) is 5.12. The summed E-state index contributed by atoms with van der Waals surface area (Å²) < 4.78 is 0.